The van der Waals surface area contributed by atoms with Crippen LogP contribution in [0.25, 0.3) is 0 Å². The lowest BCUT2D eigenvalue weighted by atomic mass is 10.1. The molecule has 156 valence electrons. The van der Waals surface area contributed by atoms with E-state index in [1.54, 1.807) is 24.3 Å². The van der Waals surface area contributed by atoms with Gasteiger partial charge in [-0.15, -0.1) is 12.4 Å². The van der Waals surface area contributed by atoms with Gasteiger partial charge in [0.15, 0.2) is 0 Å². The van der Waals surface area contributed by atoms with Gasteiger partial charge in [-0.3, -0.25) is 14.5 Å². The van der Waals surface area contributed by atoms with Crippen molar-refractivity contribution in [2.24, 2.45) is 0 Å². The normalized spacial score (nSPS) is 14.0. The van der Waals surface area contributed by atoms with Crippen LogP contribution in [0.2, 0.25) is 0 Å². The fraction of sp³-hybridized carbons (Fsp3) is 0.333. The van der Waals surface area contributed by atoms with E-state index in [4.69, 9.17) is 0 Å². The van der Waals surface area contributed by atoms with Crippen LogP contribution in [-0.4, -0.2) is 56.0 Å². The van der Waals surface area contributed by atoms with Crippen LogP contribution >= 0.6 is 12.4 Å². The van der Waals surface area contributed by atoms with Crippen LogP contribution in [-0.2, 0) is 0 Å². The van der Waals surface area contributed by atoms with Gasteiger partial charge in [-0.05, 0) is 36.8 Å². The van der Waals surface area contributed by atoms with Crippen LogP contribution in [0, 0.1) is 12.7 Å². The maximum Gasteiger partial charge on any atom is 0.258 e. The summed E-state index contributed by atoms with van der Waals surface area (Å²) >= 11 is 0. The molecular formula is C21H26ClFN4O2. The molecule has 0 atom stereocenters. The van der Waals surface area contributed by atoms with E-state index in [0.717, 1.165) is 38.3 Å². The third-order valence-electron chi connectivity index (χ3n) is 4.79. The Morgan fingerprint density at radius 3 is 2.55 bits per heavy atom. The predicted molar refractivity (Wildman–Crippen MR) is 114 cm³/mol. The van der Waals surface area contributed by atoms with Crippen LogP contribution in [0.1, 0.15) is 26.3 Å². The third kappa shape index (κ3) is 6.25. The van der Waals surface area contributed by atoms with Crippen molar-refractivity contribution in [2.45, 2.75) is 6.92 Å². The van der Waals surface area contributed by atoms with Gasteiger partial charge in [0, 0.05) is 50.5 Å². The second-order valence-electron chi connectivity index (χ2n) is 6.81. The van der Waals surface area contributed by atoms with Gasteiger partial charge in [0.25, 0.3) is 11.8 Å². The van der Waals surface area contributed by atoms with Crippen LogP contribution in [0.15, 0.2) is 42.5 Å². The number of anilines is 1. The molecule has 0 saturated carbocycles. The lowest BCUT2D eigenvalue weighted by Gasteiger charge is -2.27. The molecule has 29 heavy (non-hydrogen) atoms. The minimum Gasteiger partial charge on any atom is -0.351 e. The molecule has 2 aromatic carbocycles. The summed E-state index contributed by atoms with van der Waals surface area (Å²) in [5, 5.41) is 8.90. The Morgan fingerprint density at radius 1 is 1.10 bits per heavy atom. The summed E-state index contributed by atoms with van der Waals surface area (Å²) in [7, 11) is 0. The number of nitrogens with one attached hydrogen (secondary N) is 3. The minimum absolute atomic E-state index is 0. The van der Waals surface area contributed by atoms with E-state index in [1.165, 1.54) is 18.2 Å². The molecule has 2 aromatic rings. The fourth-order valence-corrected chi connectivity index (χ4v) is 3.10. The van der Waals surface area contributed by atoms with Gasteiger partial charge in [-0.1, -0.05) is 18.2 Å². The molecule has 0 radical (unpaired) electrons. The number of amides is 2. The van der Waals surface area contributed by atoms with Gasteiger partial charge in [-0.2, -0.15) is 0 Å². The van der Waals surface area contributed by atoms with Crippen LogP contribution < -0.4 is 16.0 Å². The fourth-order valence-electron chi connectivity index (χ4n) is 3.10. The van der Waals surface area contributed by atoms with Crippen molar-refractivity contribution in [1.82, 2.24) is 15.5 Å². The Labute approximate surface area is 176 Å². The van der Waals surface area contributed by atoms with Crippen molar-refractivity contribution in [3.05, 3.63) is 65.0 Å². The first kappa shape index (κ1) is 22.8. The van der Waals surface area contributed by atoms with Crippen molar-refractivity contribution >= 4 is 29.9 Å². The van der Waals surface area contributed by atoms with E-state index in [0.29, 0.717) is 17.8 Å². The minimum atomic E-state index is -0.584. The molecule has 6 nitrogen and oxygen atoms in total. The number of hydrogen-bond donors (Lipinski definition) is 3. The molecule has 1 aliphatic rings. The second kappa shape index (κ2) is 10.9. The summed E-state index contributed by atoms with van der Waals surface area (Å²) < 4.78 is 13.8. The Hall–Kier alpha value is -2.48. The highest BCUT2D eigenvalue weighted by molar-refractivity contribution is 6.05. The lowest BCUT2D eigenvalue weighted by molar-refractivity contribution is 0.0946. The summed E-state index contributed by atoms with van der Waals surface area (Å²) in [6.07, 6.45) is 0. The van der Waals surface area contributed by atoms with Gasteiger partial charge >= 0.3 is 0 Å². The van der Waals surface area contributed by atoms with Gasteiger partial charge in [0.05, 0.1) is 5.56 Å². The van der Waals surface area contributed by atoms with Crippen molar-refractivity contribution in [3.63, 3.8) is 0 Å². The van der Waals surface area contributed by atoms with E-state index in [1.807, 2.05) is 6.92 Å². The zero-order valence-electron chi connectivity index (χ0n) is 16.3. The quantitative estimate of drug-likeness (QED) is 0.671. The molecule has 0 spiro atoms. The standard InChI is InChI=1S/C21H25FN4O2.ClH/c1-15-6-7-16(20(27)24-10-13-26-11-8-23-9-12-26)14-19(15)25-21(28)17-4-2-3-5-18(17)22;/h2-7,14,23H,8-13H2,1H3,(H,24,27)(H,25,28);1H. The molecule has 2 amide bonds. The van der Waals surface area contributed by atoms with Gasteiger partial charge in [0.2, 0.25) is 0 Å². The van der Waals surface area contributed by atoms with Crippen LogP contribution in [0.3, 0.4) is 0 Å². The Balaban J connectivity index is 0.00000300. The second-order valence-corrected chi connectivity index (χ2v) is 6.81. The monoisotopic (exact) mass is 420 g/mol. The zero-order chi connectivity index (χ0) is 19.9. The molecule has 3 N–H and O–H groups in total. The van der Waals surface area contributed by atoms with E-state index in [9.17, 15) is 14.0 Å². The van der Waals surface area contributed by atoms with Crippen molar-refractivity contribution in [3.8, 4) is 0 Å². The first-order valence-corrected chi connectivity index (χ1v) is 9.42. The predicted octanol–water partition coefficient (Wildman–Crippen LogP) is 2.44. The average Bonchev–Trinajstić information content (AvgIpc) is 2.70. The van der Waals surface area contributed by atoms with Gasteiger partial charge in [-0.25, -0.2) is 4.39 Å². The molecule has 1 aliphatic heterocycles. The summed E-state index contributed by atoms with van der Waals surface area (Å²) in [6.45, 7) is 7.08. The SMILES string of the molecule is Cc1ccc(C(=O)NCCN2CCNCC2)cc1NC(=O)c1ccccc1F.Cl. The Kier molecular flexibility index (Phi) is 8.57. The molecule has 0 bridgehead atoms. The van der Waals surface area contributed by atoms with Crippen molar-refractivity contribution in [1.29, 1.82) is 0 Å². The van der Waals surface area contributed by atoms with Crippen molar-refractivity contribution < 1.29 is 14.0 Å². The maximum atomic E-state index is 13.8. The summed E-state index contributed by atoms with van der Waals surface area (Å²) in [5.41, 5.74) is 1.70. The van der Waals surface area contributed by atoms with Crippen LogP contribution in [0.4, 0.5) is 10.1 Å². The molecule has 1 saturated heterocycles. The topological polar surface area (TPSA) is 73.5 Å². The number of carbonyl (C=O) groups is 2. The highest BCUT2D eigenvalue weighted by Crippen LogP contribution is 2.19. The summed E-state index contributed by atoms with van der Waals surface area (Å²) in [6, 6.07) is 10.9. The smallest absolute Gasteiger partial charge is 0.258 e. The molecule has 0 aromatic heterocycles. The zero-order valence-corrected chi connectivity index (χ0v) is 17.2. The number of nitrogens with zero attached hydrogens (tertiary/aromatic N) is 1. The van der Waals surface area contributed by atoms with Gasteiger partial charge in [0.1, 0.15) is 5.82 Å². The molecule has 1 heterocycles. The summed E-state index contributed by atoms with van der Waals surface area (Å²) in [4.78, 5) is 27.1. The highest BCUT2D eigenvalue weighted by atomic mass is 35.5. The molecular weight excluding hydrogens is 395 g/mol. The maximum absolute atomic E-state index is 13.8. The molecule has 0 aliphatic carbocycles. The largest absolute Gasteiger partial charge is 0.351 e. The number of hydrogen-bond acceptors (Lipinski definition) is 4. The molecule has 3 rings (SSSR count). The first-order chi connectivity index (χ1) is 13.5. The number of aryl methyl sites for hydroxylation is 1. The average molecular weight is 421 g/mol. The first-order valence-electron chi connectivity index (χ1n) is 9.42. The molecule has 1 fully saturated rings. The third-order valence-corrected chi connectivity index (χ3v) is 4.79. The highest BCUT2D eigenvalue weighted by Gasteiger charge is 2.14. The molecule has 0 unspecified atom stereocenters. The number of benzene rings is 2. The Morgan fingerprint density at radius 2 is 1.83 bits per heavy atom. The number of rotatable bonds is 6. The van der Waals surface area contributed by atoms with E-state index < -0.39 is 11.7 Å². The number of piperazine rings is 1. The molecule has 8 heteroatoms. The number of carbonyl (C=O) groups excluding carboxylic acids is 2. The van der Waals surface area contributed by atoms with Gasteiger partial charge < -0.3 is 16.0 Å². The van der Waals surface area contributed by atoms with E-state index >= 15 is 0 Å². The number of halogens is 2. The Bertz CT molecular complexity index is 856. The summed E-state index contributed by atoms with van der Waals surface area (Å²) in [5.74, 6) is -1.33. The lowest BCUT2D eigenvalue weighted by Crippen LogP contribution is -2.46. The van der Waals surface area contributed by atoms with E-state index in [2.05, 4.69) is 20.9 Å². The van der Waals surface area contributed by atoms with E-state index in [-0.39, 0.29) is 23.9 Å². The van der Waals surface area contributed by atoms with Crippen molar-refractivity contribution in [2.75, 3.05) is 44.6 Å². The van der Waals surface area contributed by atoms with Crippen LogP contribution in [0.5, 0.6) is 0 Å².